The van der Waals surface area contributed by atoms with E-state index in [0.29, 0.717) is 0 Å². The molecule has 0 saturated heterocycles. The van der Waals surface area contributed by atoms with Gasteiger partial charge in [0.05, 0.1) is 6.10 Å². The molecule has 1 aromatic heterocycles. The maximum absolute atomic E-state index is 11.9. The number of rotatable bonds is 5. The van der Waals surface area contributed by atoms with Crippen LogP contribution in [-0.4, -0.2) is 31.3 Å². The maximum Gasteiger partial charge on any atom is 0.273 e. The molecule has 108 valence electrons. The van der Waals surface area contributed by atoms with Gasteiger partial charge in [0.25, 0.3) is 10.0 Å². The van der Waals surface area contributed by atoms with E-state index in [-0.39, 0.29) is 29.9 Å². The predicted octanol–water partition coefficient (Wildman–Crippen LogP) is 0.601. The number of sulfonamides is 1. The molecule has 0 aliphatic heterocycles. The van der Waals surface area contributed by atoms with E-state index in [4.69, 9.17) is 9.52 Å². The van der Waals surface area contributed by atoms with Crippen molar-refractivity contribution in [3.05, 3.63) is 17.9 Å². The monoisotopic (exact) mass is 289 g/mol. The lowest BCUT2D eigenvalue weighted by Crippen LogP contribution is -2.36. The summed E-state index contributed by atoms with van der Waals surface area (Å²) < 4.78 is 31.3. The average molecular weight is 289 g/mol. The van der Waals surface area contributed by atoms with Crippen LogP contribution in [0.3, 0.4) is 0 Å². The number of hydrogen-bond donors (Lipinski definition) is 3. The summed E-state index contributed by atoms with van der Waals surface area (Å²) in [5.41, 5.74) is 0. The molecule has 1 aliphatic carbocycles. The fourth-order valence-corrected chi connectivity index (χ4v) is 3.34. The Morgan fingerprint density at radius 1 is 1.32 bits per heavy atom. The molecule has 1 saturated carbocycles. The van der Waals surface area contributed by atoms with Gasteiger partial charge in [0.1, 0.15) is 12.4 Å². The summed E-state index contributed by atoms with van der Waals surface area (Å²) in [5, 5.41) is 18.4. The highest BCUT2D eigenvalue weighted by Gasteiger charge is 2.26. The second-order valence-electron chi connectivity index (χ2n) is 4.84. The first kappa shape index (κ1) is 14.5. The molecule has 0 bridgehead atoms. The van der Waals surface area contributed by atoms with Gasteiger partial charge in [-0.3, -0.25) is 0 Å². The number of aliphatic hydroxyl groups is 2. The van der Waals surface area contributed by atoms with Gasteiger partial charge < -0.3 is 14.6 Å². The molecule has 3 N–H and O–H groups in total. The molecule has 19 heavy (non-hydrogen) atoms. The third-order valence-corrected chi connectivity index (χ3v) is 4.76. The van der Waals surface area contributed by atoms with Crippen molar-refractivity contribution in [3.63, 3.8) is 0 Å². The highest BCUT2D eigenvalue weighted by molar-refractivity contribution is 7.89. The largest absolute Gasteiger partial charge is 0.446 e. The predicted molar refractivity (Wildman–Crippen MR) is 67.8 cm³/mol. The van der Waals surface area contributed by atoms with Gasteiger partial charge in [0.15, 0.2) is 0 Å². The number of nitrogens with one attached hydrogen (secondary N) is 1. The molecule has 1 aromatic rings. The van der Waals surface area contributed by atoms with E-state index in [2.05, 4.69) is 4.72 Å². The van der Waals surface area contributed by atoms with E-state index < -0.39 is 16.1 Å². The van der Waals surface area contributed by atoms with Gasteiger partial charge in [-0.2, -0.15) is 0 Å². The molecule has 2 unspecified atom stereocenters. The topological polar surface area (TPSA) is 99.8 Å². The summed E-state index contributed by atoms with van der Waals surface area (Å²) in [6.45, 7) is -0.129. The fraction of sp³-hybridized carbons (Fsp3) is 0.667. The molecule has 2 rings (SSSR count). The van der Waals surface area contributed by atoms with Gasteiger partial charge >= 0.3 is 0 Å². The van der Waals surface area contributed by atoms with Crippen LogP contribution in [0.25, 0.3) is 0 Å². The van der Waals surface area contributed by atoms with Crippen LogP contribution in [0, 0.1) is 5.92 Å². The van der Waals surface area contributed by atoms with Crippen LogP contribution in [0.2, 0.25) is 0 Å². The fourth-order valence-electron chi connectivity index (χ4n) is 2.30. The van der Waals surface area contributed by atoms with E-state index in [1.54, 1.807) is 0 Å². The van der Waals surface area contributed by atoms with Crippen LogP contribution in [-0.2, 0) is 16.6 Å². The van der Waals surface area contributed by atoms with E-state index in [0.717, 1.165) is 25.7 Å². The van der Waals surface area contributed by atoms with Crippen molar-refractivity contribution in [2.75, 3.05) is 6.54 Å². The average Bonchev–Trinajstić information content (AvgIpc) is 2.87. The molecule has 7 heteroatoms. The quantitative estimate of drug-likeness (QED) is 0.737. The van der Waals surface area contributed by atoms with E-state index in [9.17, 15) is 13.5 Å². The lowest BCUT2D eigenvalue weighted by atomic mass is 9.87. The summed E-state index contributed by atoms with van der Waals surface area (Å²) in [7, 11) is -3.71. The summed E-state index contributed by atoms with van der Waals surface area (Å²) in [5.74, 6) is 0.161. The molecule has 1 fully saturated rings. The van der Waals surface area contributed by atoms with Gasteiger partial charge in [-0.1, -0.05) is 12.8 Å². The highest BCUT2D eigenvalue weighted by atomic mass is 32.2. The van der Waals surface area contributed by atoms with Gasteiger partial charge in [-0.05, 0) is 30.9 Å². The molecule has 2 atom stereocenters. The number of hydrogen-bond acceptors (Lipinski definition) is 5. The summed E-state index contributed by atoms with van der Waals surface area (Å²) in [4.78, 5) is 0. The third kappa shape index (κ3) is 3.56. The summed E-state index contributed by atoms with van der Waals surface area (Å²) in [6.07, 6.45) is 3.11. The standard InChI is InChI=1S/C12H19NO5S/c14-8-10-5-6-12(18-10)19(16,17)13-7-9-3-1-2-4-11(9)15/h5-6,9,11,13-15H,1-4,7-8H2. The van der Waals surface area contributed by atoms with Gasteiger partial charge in [-0.25, -0.2) is 13.1 Å². The molecular weight excluding hydrogens is 270 g/mol. The Morgan fingerprint density at radius 3 is 2.68 bits per heavy atom. The zero-order chi connectivity index (χ0) is 13.9. The molecule has 0 spiro atoms. The zero-order valence-corrected chi connectivity index (χ0v) is 11.4. The van der Waals surface area contributed by atoms with Crippen molar-refractivity contribution >= 4 is 10.0 Å². The van der Waals surface area contributed by atoms with Crippen LogP contribution >= 0.6 is 0 Å². The van der Waals surface area contributed by atoms with E-state index >= 15 is 0 Å². The SMILES string of the molecule is O=S(=O)(NCC1CCCCC1O)c1ccc(CO)o1. The molecule has 6 nitrogen and oxygen atoms in total. The lowest BCUT2D eigenvalue weighted by Gasteiger charge is -2.27. The normalized spacial score (nSPS) is 24.5. The van der Waals surface area contributed by atoms with Crippen LogP contribution in [0.1, 0.15) is 31.4 Å². The lowest BCUT2D eigenvalue weighted by molar-refractivity contribution is 0.0724. The Morgan fingerprint density at radius 2 is 2.05 bits per heavy atom. The first-order chi connectivity index (χ1) is 9.03. The van der Waals surface area contributed by atoms with Crippen LogP contribution in [0.4, 0.5) is 0 Å². The minimum absolute atomic E-state index is 0.0456. The molecule has 1 aliphatic rings. The Bertz CT molecular complexity index is 510. The second kappa shape index (κ2) is 6.04. The van der Waals surface area contributed by atoms with Crippen LogP contribution in [0.5, 0.6) is 0 Å². The minimum Gasteiger partial charge on any atom is -0.446 e. The van der Waals surface area contributed by atoms with Crippen molar-refractivity contribution < 1.29 is 23.0 Å². The highest BCUT2D eigenvalue weighted by Crippen LogP contribution is 2.24. The van der Waals surface area contributed by atoms with Crippen molar-refractivity contribution in [1.82, 2.24) is 4.72 Å². The molecule has 0 amide bonds. The first-order valence-electron chi connectivity index (χ1n) is 6.40. The second-order valence-corrected chi connectivity index (χ2v) is 6.54. The third-order valence-electron chi connectivity index (χ3n) is 3.46. The molecule has 0 radical (unpaired) electrons. The van der Waals surface area contributed by atoms with Gasteiger partial charge in [0, 0.05) is 6.54 Å². The molecule has 1 heterocycles. The van der Waals surface area contributed by atoms with E-state index in [1.165, 1.54) is 12.1 Å². The van der Waals surface area contributed by atoms with Crippen molar-refractivity contribution in [1.29, 1.82) is 0 Å². The molecular formula is C12H19NO5S. The smallest absolute Gasteiger partial charge is 0.273 e. The summed E-state index contributed by atoms with van der Waals surface area (Å²) in [6, 6.07) is 2.73. The van der Waals surface area contributed by atoms with Crippen molar-refractivity contribution in [2.45, 2.75) is 43.5 Å². The Labute approximate surface area is 112 Å². The first-order valence-corrected chi connectivity index (χ1v) is 7.88. The number of furan rings is 1. The number of aliphatic hydroxyl groups excluding tert-OH is 2. The van der Waals surface area contributed by atoms with Crippen LogP contribution < -0.4 is 4.72 Å². The van der Waals surface area contributed by atoms with E-state index in [1.807, 2.05) is 0 Å². The van der Waals surface area contributed by atoms with Crippen LogP contribution in [0.15, 0.2) is 21.6 Å². The molecule has 0 aromatic carbocycles. The Hall–Kier alpha value is -0.890. The maximum atomic E-state index is 11.9. The Balaban J connectivity index is 1.97. The minimum atomic E-state index is -3.71. The summed E-state index contributed by atoms with van der Waals surface area (Å²) >= 11 is 0. The van der Waals surface area contributed by atoms with Gasteiger partial charge in [-0.15, -0.1) is 0 Å². The van der Waals surface area contributed by atoms with Crippen molar-refractivity contribution in [2.24, 2.45) is 5.92 Å². The Kier molecular flexibility index (Phi) is 4.62. The van der Waals surface area contributed by atoms with Gasteiger partial charge in [0.2, 0.25) is 5.09 Å². The zero-order valence-electron chi connectivity index (χ0n) is 10.6. The van der Waals surface area contributed by atoms with Crippen molar-refractivity contribution in [3.8, 4) is 0 Å².